The van der Waals surface area contributed by atoms with Gasteiger partial charge in [0.15, 0.2) is 0 Å². The summed E-state index contributed by atoms with van der Waals surface area (Å²) in [6.45, 7) is 0. The Bertz CT molecular complexity index is 2680. The van der Waals surface area contributed by atoms with Crippen LogP contribution >= 0.6 is 0 Å². The van der Waals surface area contributed by atoms with Gasteiger partial charge in [0.1, 0.15) is 6.07 Å². The highest BCUT2D eigenvalue weighted by molar-refractivity contribution is 6.09. The third-order valence-corrected chi connectivity index (χ3v) is 11.0. The van der Waals surface area contributed by atoms with Crippen LogP contribution < -0.4 is 0 Å². The number of para-hydroxylation sites is 3. The monoisotopic (exact) mass is 655 g/mol. The van der Waals surface area contributed by atoms with Gasteiger partial charge in [0.05, 0.1) is 51.1 Å². The van der Waals surface area contributed by atoms with Crippen molar-refractivity contribution in [2.75, 3.05) is 0 Å². The Morgan fingerprint density at radius 2 is 1.27 bits per heavy atom. The Labute approximate surface area is 296 Å². The van der Waals surface area contributed by atoms with Crippen molar-refractivity contribution in [1.82, 2.24) is 9.13 Å². The van der Waals surface area contributed by atoms with Crippen LogP contribution in [0, 0.1) is 34.0 Å². The minimum Gasteiger partial charge on any atom is -0.309 e. The summed E-state index contributed by atoms with van der Waals surface area (Å²) < 4.78 is 4.57. The van der Waals surface area contributed by atoms with E-state index in [1.54, 1.807) is 0 Å². The molecule has 2 aromatic heterocycles. The Kier molecular flexibility index (Phi) is 7.39. The molecule has 2 heterocycles. The summed E-state index contributed by atoms with van der Waals surface area (Å²) in [6, 6.07) is 45.3. The number of hydrogen-bond donors (Lipinski definition) is 0. The lowest BCUT2D eigenvalue weighted by Crippen LogP contribution is -2.19. The molecule has 51 heavy (non-hydrogen) atoms. The van der Waals surface area contributed by atoms with Crippen LogP contribution in [0.25, 0.3) is 49.7 Å². The van der Waals surface area contributed by atoms with Crippen LogP contribution in [-0.4, -0.2) is 9.13 Å². The summed E-state index contributed by atoms with van der Waals surface area (Å²) in [5.74, 6) is 0.387. The molecule has 9 rings (SSSR count). The molecule has 1 unspecified atom stereocenters. The summed E-state index contributed by atoms with van der Waals surface area (Å²) >= 11 is 0. The van der Waals surface area contributed by atoms with Crippen molar-refractivity contribution in [2.24, 2.45) is 0 Å². The van der Waals surface area contributed by atoms with Gasteiger partial charge < -0.3 is 9.13 Å². The summed E-state index contributed by atoms with van der Waals surface area (Å²) in [7, 11) is 0. The first-order valence-electron chi connectivity index (χ1n) is 17.7. The molecule has 0 radical (unpaired) electrons. The molecule has 1 saturated carbocycles. The van der Waals surface area contributed by atoms with Crippen LogP contribution in [0.15, 0.2) is 127 Å². The van der Waals surface area contributed by atoms with Crippen LogP contribution in [0.2, 0.25) is 0 Å². The van der Waals surface area contributed by atoms with E-state index in [0.717, 1.165) is 70.3 Å². The highest BCUT2D eigenvalue weighted by Crippen LogP contribution is 2.48. The van der Waals surface area contributed by atoms with Gasteiger partial charge in [-0.25, -0.2) is 0 Å². The maximum Gasteiger partial charge on any atom is 0.101 e. The number of rotatable bonds is 4. The molecule has 0 saturated heterocycles. The summed E-state index contributed by atoms with van der Waals surface area (Å²) in [6.07, 6.45) is 10.9. The maximum absolute atomic E-state index is 10.4. The number of nitrogens with zero attached hydrogens (tertiary/aromatic N) is 5. The lowest BCUT2D eigenvalue weighted by atomic mass is 9.71. The van der Waals surface area contributed by atoms with E-state index in [2.05, 4.69) is 118 Å². The van der Waals surface area contributed by atoms with E-state index in [1.807, 2.05) is 36.4 Å². The molecule has 2 aliphatic rings. The SMILES string of the molecule is N#CC1=CC=CCc2c1n(-c1ccccc1[C@@H]1CCCCC1c1cc(C#N)cc(-n3c4ccccc4c4ccccc43)c1)c1ccc(C#N)cc21. The van der Waals surface area contributed by atoms with Crippen molar-refractivity contribution in [3.8, 4) is 29.6 Å². The second-order valence-corrected chi connectivity index (χ2v) is 13.7. The smallest absolute Gasteiger partial charge is 0.101 e. The van der Waals surface area contributed by atoms with E-state index in [1.165, 1.54) is 21.9 Å². The van der Waals surface area contributed by atoms with Crippen molar-refractivity contribution >= 4 is 38.3 Å². The molecule has 0 N–H and O–H groups in total. The van der Waals surface area contributed by atoms with Gasteiger partial charge >= 0.3 is 0 Å². The zero-order valence-electron chi connectivity index (χ0n) is 28.1. The van der Waals surface area contributed by atoms with Crippen LogP contribution in [0.4, 0.5) is 0 Å². The second-order valence-electron chi connectivity index (χ2n) is 13.7. The van der Waals surface area contributed by atoms with Crippen molar-refractivity contribution < 1.29 is 0 Å². The Balaban J connectivity index is 1.24. The zero-order chi connectivity index (χ0) is 34.5. The third-order valence-electron chi connectivity index (χ3n) is 11.0. The summed E-state index contributed by atoms with van der Waals surface area (Å²) in [5, 5.41) is 34.0. The molecule has 0 aliphatic heterocycles. The summed E-state index contributed by atoms with van der Waals surface area (Å²) in [4.78, 5) is 0. The molecule has 242 valence electrons. The van der Waals surface area contributed by atoms with Gasteiger partial charge in [-0.3, -0.25) is 0 Å². The number of allylic oxidation sites excluding steroid dienone is 4. The maximum atomic E-state index is 10.4. The molecule has 0 amide bonds. The topological polar surface area (TPSA) is 81.2 Å². The third kappa shape index (κ3) is 4.88. The van der Waals surface area contributed by atoms with Gasteiger partial charge in [0, 0.05) is 27.5 Å². The fourth-order valence-corrected chi connectivity index (χ4v) is 8.83. The number of nitriles is 3. The standard InChI is InChI=1S/C46H33N5/c47-27-30-21-22-45-41(25-30)40-17-2-1-11-32(29-49)46(40)51(45)44-20-10-5-14-37(44)36-13-4-3-12-35(36)33-23-31(28-48)24-34(26-33)50-42-18-8-6-15-38(42)39-16-7-9-19-43(39)50/h1-2,5-11,14-16,18-26,35-36H,3-4,12-13,17H2/t35?,36-/m1/s1. The normalized spacial score (nSPS) is 17.0. The number of fused-ring (bicyclic) bond motifs is 6. The molecular formula is C46H33N5. The molecule has 0 bridgehead atoms. The van der Waals surface area contributed by atoms with Crippen LogP contribution in [-0.2, 0) is 6.42 Å². The van der Waals surface area contributed by atoms with E-state index in [-0.39, 0.29) is 11.8 Å². The van der Waals surface area contributed by atoms with Gasteiger partial charge in [-0.05, 0) is 108 Å². The quantitative estimate of drug-likeness (QED) is 0.189. The molecule has 2 aliphatic carbocycles. The molecule has 7 aromatic rings. The van der Waals surface area contributed by atoms with Gasteiger partial charge in [0.2, 0.25) is 0 Å². The Morgan fingerprint density at radius 3 is 2.02 bits per heavy atom. The Hall–Kier alpha value is -6.61. The van der Waals surface area contributed by atoms with E-state index in [9.17, 15) is 15.8 Å². The van der Waals surface area contributed by atoms with Crippen molar-refractivity contribution in [1.29, 1.82) is 15.8 Å². The first-order chi connectivity index (χ1) is 25.2. The molecule has 1 fully saturated rings. The fraction of sp³-hybridized carbons (Fsp3) is 0.152. The first kappa shape index (κ1) is 30.4. The number of aromatic nitrogens is 2. The molecule has 0 spiro atoms. The minimum absolute atomic E-state index is 0.193. The van der Waals surface area contributed by atoms with E-state index in [0.29, 0.717) is 23.1 Å². The Morgan fingerprint density at radius 1 is 0.588 bits per heavy atom. The fourth-order valence-electron chi connectivity index (χ4n) is 8.83. The second kappa shape index (κ2) is 12.4. The predicted molar refractivity (Wildman–Crippen MR) is 204 cm³/mol. The number of hydrogen-bond acceptors (Lipinski definition) is 3. The molecular weight excluding hydrogens is 623 g/mol. The van der Waals surface area contributed by atoms with Gasteiger partial charge in [-0.2, -0.15) is 15.8 Å². The number of benzene rings is 5. The molecule has 5 aromatic carbocycles. The van der Waals surface area contributed by atoms with Gasteiger partial charge in [-0.1, -0.05) is 79.6 Å². The van der Waals surface area contributed by atoms with E-state index in [4.69, 9.17) is 0 Å². The molecule has 2 atom stereocenters. The van der Waals surface area contributed by atoms with Crippen LogP contribution in [0.5, 0.6) is 0 Å². The highest BCUT2D eigenvalue weighted by Gasteiger charge is 2.32. The zero-order valence-corrected chi connectivity index (χ0v) is 28.1. The average Bonchev–Trinajstić information content (AvgIpc) is 3.60. The average molecular weight is 656 g/mol. The van der Waals surface area contributed by atoms with Gasteiger partial charge in [-0.15, -0.1) is 0 Å². The van der Waals surface area contributed by atoms with Crippen molar-refractivity contribution in [3.63, 3.8) is 0 Å². The van der Waals surface area contributed by atoms with Crippen LogP contribution in [0.1, 0.15) is 71.0 Å². The van der Waals surface area contributed by atoms with E-state index < -0.39 is 0 Å². The van der Waals surface area contributed by atoms with Gasteiger partial charge in [0.25, 0.3) is 0 Å². The van der Waals surface area contributed by atoms with Crippen molar-refractivity contribution in [2.45, 2.75) is 43.9 Å². The lowest BCUT2D eigenvalue weighted by Gasteiger charge is -2.34. The largest absolute Gasteiger partial charge is 0.309 e. The molecule has 5 heteroatoms. The molecule has 5 nitrogen and oxygen atoms in total. The van der Waals surface area contributed by atoms with E-state index >= 15 is 0 Å². The predicted octanol–water partition coefficient (Wildman–Crippen LogP) is 10.9. The summed E-state index contributed by atoms with van der Waals surface area (Å²) in [5.41, 5.74) is 11.6. The minimum atomic E-state index is 0.193. The van der Waals surface area contributed by atoms with Crippen molar-refractivity contribution in [3.05, 3.63) is 161 Å². The highest BCUT2D eigenvalue weighted by atomic mass is 15.0. The first-order valence-corrected chi connectivity index (χ1v) is 17.7. The lowest BCUT2D eigenvalue weighted by molar-refractivity contribution is 0.385. The van der Waals surface area contributed by atoms with Crippen LogP contribution in [0.3, 0.4) is 0 Å².